The minimum Gasteiger partial charge on any atom is -0.496 e. The summed E-state index contributed by atoms with van der Waals surface area (Å²) >= 11 is 0. The summed E-state index contributed by atoms with van der Waals surface area (Å²) in [6.45, 7) is 3.40. The van der Waals surface area contributed by atoms with E-state index in [1.54, 1.807) is 14.0 Å². The highest BCUT2D eigenvalue weighted by atomic mass is 16.5. The third kappa shape index (κ3) is 3.67. The predicted molar refractivity (Wildman–Crippen MR) is 81.9 cm³/mol. The normalized spacial score (nSPS) is 19.1. The van der Waals surface area contributed by atoms with Crippen LogP contribution in [0.25, 0.3) is 0 Å². The second-order valence-corrected chi connectivity index (χ2v) is 5.76. The van der Waals surface area contributed by atoms with Crippen molar-refractivity contribution in [2.75, 3.05) is 38.8 Å². The van der Waals surface area contributed by atoms with Crippen molar-refractivity contribution >= 4 is 5.69 Å². The zero-order valence-corrected chi connectivity index (χ0v) is 13.0. The third-order valence-corrected chi connectivity index (χ3v) is 4.05. The molecule has 0 saturated carbocycles. The fourth-order valence-corrected chi connectivity index (χ4v) is 2.90. The van der Waals surface area contributed by atoms with Gasteiger partial charge in [0.05, 0.1) is 18.8 Å². The van der Waals surface area contributed by atoms with Crippen LogP contribution in [0.3, 0.4) is 0 Å². The fourth-order valence-electron chi connectivity index (χ4n) is 2.90. The second-order valence-electron chi connectivity index (χ2n) is 5.76. The molecule has 0 unspecified atom stereocenters. The van der Waals surface area contributed by atoms with Crippen molar-refractivity contribution in [1.82, 2.24) is 0 Å². The molecule has 1 saturated heterocycles. The highest BCUT2D eigenvalue weighted by Crippen LogP contribution is 2.35. The number of likely N-dealkylation sites (N-methyl/N-ethyl adjacent to an activating group) is 1. The molecule has 1 aromatic carbocycles. The van der Waals surface area contributed by atoms with Gasteiger partial charge in [-0.2, -0.15) is 0 Å². The van der Waals surface area contributed by atoms with Crippen LogP contribution in [0.1, 0.15) is 31.4 Å². The van der Waals surface area contributed by atoms with Crippen molar-refractivity contribution in [2.45, 2.75) is 31.5 Å². The zero-order valence-electron chi connectivity index (χ0n) is 13.0. The number of rotatable bonds is 5. The van der Waals surface area contributed by atoms with Gasteiger partial charge in [-0.3, -0.25) is 0 Å². The Bertz CT molecular complexity index is 469. The molecular formula is C16H25NO4. The third-order valence-electron chi connectivity index (χ3n) is 4.05. The van der Waals surface area contributed by atoms with Crippen LogP contribution in [0.2, 0.25) is 0 Å². The quantitative estimate of drug-likeness (QED) is 0.866. The summed E-state index contributed by atoms with van der Waals surface area (Å²) < 4.78 is 10.7. The summed E-state index contributed by atoms with van der Waals surface area (Å²) in [4.78, 5) is 1.98. The van der Waals surface area contributed by atoms with Crippen molar-refractivity contribution in [1.29, 1.82) is 0 Å². The van der Waals surface area contributed by atoms with Crippen LogP contribution in [-0.4, -0.2) is 49.7 Å². The monoisotopic (exact) mass is 295 g/mol. The highest BCUT2D eigenvalue weighted by molar-refractivity contribution is 5.60. The Labute approximate surface area is 126 Å². The summed E-state index contributed by atoms with van der Waals surface area (Å²) in [5.74, 6) is 0.660. The molecule has 1 aliphatic rings. The molecule has 0 radical (unpaired) electrons. The standard InChI is InChI=1S/C16H25NO4/c1-12(18)15-13(5-4-6-14(15)20-3)17(2)11-16(19)7-9-21-10-8-16/h4-6,12,18-19H,7-11H2,1-3H3/t12-/m0/s1. The minimum atomic E-state index is -0.744. The molecule has 1 aliphatic heterocycles. The second kappa shape index (κ2) is 6.64. The predicted octanol–water partition coefficient (Wildman–Crippen LogP) is 1.73. The first-order valence-electron chi connectivity index (χ1n) is 7.33. The molecule has 2 N–H and O–H groups in total. The average molecular weight is 295 g/mol. The van der Waals surface area contributed by atoms with E-state index in [2.05, 4.69) is 0 Å². The van der Waals surface area contributed by atoms with Gasteiger partial charge in [0.1, 0.15) is 5.75 Å². The Kier molecular flexibility index (Phi) is 5.08. The average Bonchev–Trinajstić information content (AvgIpc) is 2.46. The van der Waals surface area contributed by atoms with Gasteiger partial charge in [-0.1, -0.05) is 6.07 Å². The summed E-state index contributed by atoms with van der Waals surface area (Å²) in [6, 6.07) is 5.67. The van der Waals surface area contributed by atoms with Gasteiger partial charge in [0.15, 0.2) is 0 Å². The Morgan fingerprint density at radius 2 is 2.05 bits per heavy atom. The van der Waals surface area contributed by atoms with E-state index in [1.165, 1.54) is 0 Å². The SMILES string of the molecule is COc1cccc(N(C)CC2(O)CCOCC2)c1[C@H](C)O. The number of methoxy groups -OCH3 is 1. The number of aliphatic hydroxyl groups excluding tert-OH is 1. The minimum absolute atomic E-state index is 0.503. The topological polar surface area (TPSA) is 62.2 Å². The fraction of sp³-hybridized carbons (Fsp3) is 0.625. The Morgan fingerprint density at radius 1 is 1.38 bits per heavy atom. The smallest absolute Gasteiger partial charge is 0.126 e. The van der Waals surface area contributed by atoms with Gasteiger partial charge in [0.25, 0.3) is 0 Å². The lowest BCUT2D eigenvalue weighted by atomic mass is 9.93. The van der Waals surface area contributed by atoms with Crippen LogP contribution >= 0.6 is 0 Å². The van der Waals surface area contributed by atoms with Crippen LogP contribution in [-0.2, 0) is 4.74 Å². The maximum absolute atomic E-state index is 10.6. The maximum atomic E-state index is 10.6. The molecule has 118 valence electrons. The largest absolute Gasteiger partial charge is 0.496 e. The summed E-state index contributed by atoms with van der Waals surface area (Å²) in [5.41, 5.74) is 0.883. The number of benzene rings is 1. The number of ether oxygens (including phenoxy) is 2. The van der Waals surface area contributed by atoms with Crippen LogP contribution < -0.4 is 9.64 Å². The van der Waals surface area contributed by atoms with Crippen LogP contribution in [0.15, 0.2) is 18.2 Å². The van der Waals surface area contributed by atoms with E-state index in [-0.39, 0.29) is 0 Å². The number of nitrogens with zero attached hydrogens (tertiary/aromatic N) is 1. The first-order valence-corrected chi connectivity index (χ1v) is 7.33. The summed E-state index contributed by atoms with van der Waals surface area (Å²) in [5, 5.41) is 20.7. The summed E-state index contributed by atoms with van der Waals surface area (Å²) in [6.07, 6.45) is 0.624. The molecule has 0 spiro atoms. The Balaban J connectivity index is 2.24. The van der Waals surface area contributed by atoms with Crippen molar-refractivity contribution in [3.63, 3.8) is 0 Å². The van der Waals surface area contributed by atoms with E-state index in [4.69, 9.17) is 9.47 Å². The molecule has 1 fully saturated rings. The molecule has 1 atom stereocenters. The Hall–Kier alpha value is -1.30. The maximum Gasteiger partial charge on any atom is 0.126 e. The highest BCUT2D eigenvalue weighted by Gasteiger charge is 2.32. The first kappa shape index (κ1) is 16.1. The molecule has 2 rings (SSSR count). The van der Waals surface area contributed by atoms with E-state index in [1.807, 2.05) is 30.1 Å². The number of hydrogen-bond donors (Lipinski definition) is 2. The van der Waals surface area contributed by atoms with E-state index in [0.717, 1.165) is 11.3 Å². The van der Waals surface area contributed by atoms with E-state index in [0.29, 0.717) is 38.3 Å². The molecule has 0 amide bonds. The molecule has 21 heavy (non-hydrogen) atoms. The lowest BCUT2D eigenvalue weighted by Crippen LogP contribution is -2.46. The molecular weight excluding hydrogens is 270 g/mol. The van der Waals surface area contributed by atoms with Crippen molar-refractivity contribution < 1.29 is 19.7 Å². The van der Waals surface area contributed by atoms with Gasteiger partial charge in [-0.25, -0.2) is 0 Å². The molecule has 0 aliphatic carbocycles. The first-order chi connectivity index (χ1) is 9.97. The number of hydrogen-bond acceptors (Lipinski definition) is 5. The van der Waals surface area contributed by atoms with Gasteiger partial charge in [0, 0.05) is 50.9 Å². The van der Waals surface area contributed by atoms with Crippen molar-refractivity contribution in [3.05, 3.63) is 23.8 Å². The Morgan fingerprint density at radius 3 is 2.62 bits per heavy atom. The summed E-state index contributed by atoms with van der Waals surface area (Å²) in [7, 11) is 3.52. The van der Waals surface area contributed by atoms with Gasteiger partial charge >= 0.3 is 0 Å². The molecule has 1 aromatic rings. The van der Waals surface area contributed by atoms with E-state index >= 15 is 0 Å². The van der Waals surface area contributed by atoms with E-state index in [9.17, 15) is 10.2 Å². The molecule has 1 heterocycles. The van der Waals surface area contributed by atoms with Crippen LogP contribution in [0.5, 0.6) is 5.75 Å². The molecule has 5 heteroatoms. The van der Waals surface area contributed by atoms with Crippen LogP contribution in [0.4, 0.5) is 5.69 Å². The van der Waals surface area contributed by atoms with Gasteiger partial charge in [-0.05, 0) is 19.1 Å². The van der Waals surface area contributed by atoms with E-state index < -0.39 is 11.7 Å². The zero-order chi connectivity index (χ0) is 15.5. The molecule has 0 bridgehead atoms. The number of anilines is 1. The van der Waals surface area contributed by atoms with Crippen molar-refractivity contribution in [2.24, 2.45) is 0 Å². The number of aliphatic hydroxyl groups is 2. The van der Waals surface area contributed by atoms with Gasteiger partial charge in [-0.15, -0.1) is 0 Å². The lowest BCUT2D eigenvalue weighted by Gasteiger charge is -2.37. The molecule has 5 nitrogen and oxygen atoms in total. The van der Waals surface area contributed by atoms with Gasteiger partial charge in [0.2, 0.25) is 0 Å². The van der Waals surface area contributed by atoms with Crippen molar-refractivity contribution in [3.8, 4) is 5.75 Å². The lowest BCUT2D eigenvalue weighted by molar-refractivity contribution is -0.0573. The molecule has 0 aromatic heterocycles. The van der Waals surface area contributed by atoms with Gasteiger partial charge < -0.3 is 24.6 Å². The van der Waals surface area contributed by atoms with Crippen LogP contribution in [0, 0.1) is 0 Å².